The van der Waals surface area contributed by atoms with Crippen LogP contribution in [0.4, 0.5) is 0 Å². The maximum atomic E-state index is 11.9. The van der Waals surface area contributed by atoms with Gasteiger partial charge in [-0.05, 0) is 6.92 Å². The van der Waals surface area contributed by atoms with Crippen molar-refractivity contribution in [3.63, 3.8) is 0 Å². The number of ether oxygens (including phenoxy) is 1. The molecular formula is C9H13N3O4. The van der Waals surface area contributed by atoms with E-state index >= 15 is 0 Å². The summed E-state index contributed by atoms with van der Waals surface area (Å²) >= 11 is 0. The molecule has 0 bridgehead atoms. The van der Waals surface area contributed by atoms with Crippen LogP contribution in [0.2, 0.25) is 0 Å². The first kappa shape index (κ1) is 10.9. The van der Waals surface area contributed by atoms with E-state index in [0.29, 0.717) is 25.6 Å². The summed E-state index contributed by atoms with van der Waals surface area (Å²) in [5.74, 6) is -0.380. The van der Waals surface area contributed by atoms with Crippen molar-refractivity contribution in [1.29, 1.82) is 0 Å². The third-order valence-corrected chi connectivity index (χ3v) is 2.54. The van der Waals surface area contributed by atoms with Crippen LogP contribution < -0.4 is 5.69 Å². The van der Waals surface area contributed by atoms with E-state index in [9.17, 15) is 9.59 Å². The van der Waals surface area contributed by atoms with Crippen molar-refractivity contribution >= 4 is 5.97 Å². The number of nitrogens with zero attached hydrogens (tertiary/aromatic N) is 3. The molecular weight excluding hydrogens is 214 g/mol. The molecule has 0 radical (unpaired) electrons. The second kappa shape index (κ2) is 4.09. The molecule has 16 heavy (non-hydrogen) atoms. The first-order chi connectivity index (χ1) is 7.59. The fourth-order valence-corrected chi connectivity index (χ4v) is 1.73. The Balaban J connectivity index is 2.31. The Morgan fingerprint density at radius 3 is 3.06 bits per heavy atom. The second-order valence-corrected chi connectivity index (χ2v) is 3.79. The number of hydrogen-bond donors (Lipinski definition) is 1. The molecule has 0 unspecified atom stereocenters. The number of aliphatic carboxylic acids is 1. The molecule has 0 saturated heterocycles. The average Bonchev–Trinajstić information content (AvgIpc) is 2.56. The molecule has 1 N–H and O–H groups in total. The average molecular weight is 227 g/mol. The predicted octanol–water partition coefficient (Wildman–Crippen LogP) is -0.389. The van der Waals surface area contributed by atoms with Crippen molar-refractivity contribution in [2.45, 2.75) is 32.5 Å². The van der Waals surface area contributed by atoms with Crippen LogP contribution in [0.25, 0.3) is 0 Å². The normalized spacial score (nSPS) is 16.8. The molecule has 2 heterocycles. The van der Waals surface area contributed by atoms with Gasteiger partial charge in [0.1, 0.15) is 6.61 Å². The highest BCUT2D eigenvalue weighted by molar-refractivity contribution is 5.67. The zero-order valence-electron chi connectivity index (χ0n) is 8.92. The standard InChI is InChI=1S/C9H13N3O4/c1-6(4-8(13)14)12-9(15)11-2-3-16-5-7(11)10-12/h6H,2-5H2,1H3,(H,13,14)/t6-/m1/s1. The van der Waals surface area contributed by atoms with Crippen LogP contribution in [0.5, 0.6) is 0 Å². The van der Waals surface area contributed by atoms with E-state index in [4.69, 9.17) is 9.84 Å². The van der Waals surface area contributed by atoms with Gasteiger partial charge in [0.05, 0.1) is 25.6 Å². The summed E-state index contributed by atoms with van der Waals surface area (Å²) in [6.45, 7) is 2.94. The van der Waals surface area contributed by atoms with Crippen molar-refractivity contribution in [2.75, 3.05) is 6.61 Å². The number of fused-ring (bicyclic) bond motifs is 1. The van der Waals surface area contributed by atoms with E-state index in [1.165, 1.54) is 9.25 Å². The highest BCUT2D eigenvalue weighted by Gasteiger charge is 2.21. The first-order valence-electron chi connectivity index (χ1n) is 5.07. The van der Waals surface area contributed by atoms with Gasteiger partial charge in [-0.3, -0.25) is 9.36 Å². The highest BCUT2D eigenvalue weighted by atomic mass is 16.5. The van der Waals surface area contributed by atoms with Gasteiger partial charge in [0.15, 0.2) is 5.82 Å². The van der Waals surface area contributed by atoms with Crippen LogP contribution in [-0.2, 0) is 22.7 Å². The third-order valence-electron chi connectivity index (χ3n) is 2.54. The molecule has 0 fully saturated rings. The van der Waals surface area contributed by atoms with Crippen molar-refractivity contribution in [2.24, 2.45) is 0 Å². The van der Waals surface area contributed by atoms with Gasteiger partial charge in [0.25, 0.3) is 0 Å². The van der Waals surface area contributed by atoms with Crippen LogP contribution in [0, 0.1) is 0 Å². The number of aromatic nitrogens is 3. The maximum absolute atomic E-state index is 11.9. The Hall–Kier alpha value is -1.63. The summed E-state index contributed by atoms with van der Waals surface area (Å²) in [5, 5.41) is 12.7. The van der Waals surface area contributed by atoms with Gasteiger partial charge < -0.3 is 9.84 Å². The van der Waals surface area contributed by atoms with Crippen LogP contribution in [0.15, 0.2) is 4.79 Å². The van der Waals surface area contributed by atoms with Gasteiger partial charge in [-0.25, -0.2) is 9.48 Å². The summed E-state index contributed by atoms with van der Waals surface area (Å²) in [6, 6.07) is -0.442. The van der Waals surface area contributed by atoms with E-state index < -0.39 is 12.0 Å². The smallest absolute Gasteiger partial charge is 0.346 e. The number of carbonyl (C=O) groups is 1. The number of hydrogen-bond acceptors (Lipinski definition) is 4. The fraction of sp³-hybridized carbons (Fsp3) is 0.667. The monoisotopic (exact) mass is 227 g/mol. The zero-order chi connectivity index (χ0) is 11.7. The number of rotatable bonds is 3. The summed E-state index contributed by atoms with van der Waals surface area (Å²) in [5.41, 5.74) is -0.257. The second-order valence-electron chi connectivity index (χ2n) is 3.79. The van der Waals surface area contributed by atoms with E-state index in [1.54, 1.807) is 6.92 Å². The minimum absolute atomic E-state index is 0.114. The highest BCUT2D eigenvalue weighted by Crippen LogP contribution is 2.09. The Bertz CT molecular complexity index is 462. The molecule has 0 aromatic carbocycles. The summed E-state index contributed by atoms with van der Waals surface area (Å²) < 4.78 is 7.92. The number of carboxylic acids is 1. The van der Waals surface area contributed by atoms with Gasteiger partial charge in [0, 0.05) is 0 Å². The van der Waals surface area contributed by atoms with Crippen LogP contribution in [0.1, 0.15) is 25.2 Å². The van der Waals surface area contributed by atoms with E-state index in [1.807, 2.05) is 0 Å². The maximum Gasteiger partial charge on any atom is 0.346 e. The van der Waals surface area contributed by atoms with Crippen molar-refractivity contribution in [3.05, 3.63) is 16.3 Å². The minimum atomic E-state index is -0.943. The molecule has 1 aromatic rings. The van der Waals surface area contributed by atoms with Crippen LogP contribution >= 0.6 is 0 Å². The summed E-state index contributed by atoms with van der Waals surface area (Å²) in [6.07, 6.45) is -0.114. The van der Waals surface area contributed by atoms with Gasteiger partial charge in [-0.2, -0.15) is 5.10 Å². The lowest BCUT2D eigenvalue weighted by atomic mass is 10.2. The fourth-order valence-electron chi connectivity index (χ4n) is 1.73. The molecule has 7 nitrogen and oxygen atoms in total. The Kier molecular flexibility index (Phi) is 2.78. The molecule has 1 aliphatic heterocycles. The van der Waals surface area contributed by atoms with Crippen LogP contribution in [0.3, 0.4) is 0 Å². The van der Waals surface area contributed by atoms with Crippen molar-refractivity contribution in [1.82, 2.24) is 14.3 Å². The molecule has 1 aromatic heterocycles. The molecule has 0 spiro atoms. The molecule has 2 rings (SSSR count). The van der Waals surface area contributed by atoms with Gasteiger partial charge in [-0.1, -0.05) is 0 Å². The lowest BCUT2D eigenvalue weighted by Gasteiger charge is -2.11. The quantitative estimate of drug-likeness (QED) is 0.760. The van der Waals surface area contributed by atoms with E-state index in [-0.39, 0.29) is 12.1 Å². The molecule has 7 heteroatoms. The molecule has 1 aliphatic rings. The topological polar surface area (TPSA) is 86.4 Å². The third kappa shape index (κ3) is 1.85. The van der Waals surface area contributed by atoms with Gasteiger partial charge in [-0.15, -0.1) is 0 Å². The minimum Gasteiger partial charge on any atom is -0.481 e. The molecule has 88 valence electrons. The Morgan fingerprint density at radius 1 is 1.69 bits per heavy atom. The van der Waals surface area contributed by atoms with Crippen molar-refractivity contribution < 1.29 is 14.6 Å². The van der Waals surface area contributed by atoms with E-state index in [0.717, 1.165) is 0 Å². The molecule has 1 atom stereocenters. The number of carboxylic acid groups (broad SMARTS) is 1. The Labute approximate surface area is 91.2 Å². The van der Waals surface area contributed by atoms with Crippen LogP contribution in [-0.4, -0.2) is 32.0 Å². The predicted molar refractivity (Wildman–Crippen MR) is 53.1 cm³/mol. The SMILES string of the molecule is C[C@H](CC(=O)O)n1nc2n(c1=O)CCOC2. The summed E-state index contributed by atoms with van der Waals surface area (Å²) in [4.78, 5) is 22.4. The lowest BCUT2D eigenvalue weighted by molar-refractivity contribution is -0.137. The van der Waals surface area contributed by atoms with E-state index in [2.05, 4.69) is 5.10 Å². The molecule has 0 saturated carbocycles. The van der Waals surface area contributed by atoms with Crippen molar-refractivity contribution in [3.8, 4) is 0 Å². The largest absolute Gasteiger partial charge is 0.481 e. The lowest BCUT2D eigenvalue weighted by Crippen LogP contribution is -2.30. The zero-order valence-corrected chi connectivity index (χ0v) is 8.92. The Morgan fingerprint density at radius 2 is 2.44 bits per heavy atom. The molecule has 0 aliphatic carbocycles. The molecule has 0 amide bonds. The summed E-state index contributed by atoms with van der Waals surface area (Å²) in [7, 11) is 0. The first-order valence-corrected chi connectivity index (χ1v) is 5.07. The van der Waals surface area contributed by atoms with Gasteiger partial charge in [0.2, 0.25) is 0 Å². The van der Waals surface area contributed by atoms with Gasteiger partial charge >= 0.3 is 11.7 Å².